The predicted octanol–water partition coefficient (Wildman–Crippen LogP) is 0.612. The normalized spacial score (nSPS) is 10.6. The van der Waals surface area contributed by atoms with Crippen molar-refractivity contribution in [2.75, 3.05) is 0 Å². The van der Waals surface area contributed by atoms with Crippen LogP contribution >= 0.6 is 0 Å². The molecule has 0 atom stereocenters. The van der Waals surface area contributed by atoms with Gasteiger partial charge >= 0.3 is 7.12 Å². The molecule has 1 rings (SSSR count). The second-order valence-electron chi connectivity index (χ2n) is 2.85. The second-order valence-corrected chi connectivity index (χ2v) is 2.85. The van der Waals surface area contributed by atoms with Gasteiger partial charge in [0.05, 0.1) is 0 Å². The monoisotopic (exact) mass is 186 g/mol. The van der Waals surface area contributed by atoms with Gasteiger partial charge in [0.2, 0.25) is 0 Å². The third-order valence-electron chi connectivity index (χ3n) is 1.67. The molecule has 0 amide bonds. The summed E-state index contributed by atoms with van der Waals surface area (Å²) in [6, 6.07) is 3.86. The first-order valence-corrected chi connectivity index (χ1v) is 3.76. The van der Waals surface area contributed by atoms with Gasteiger partial charge in [0, 0.05) is 5.56 Å². The van der Waals surface area contributed by atoms with E-state index in [0.717, 1.165) is 6.07 Å². The lowest BCUT2D eigenvalue weighted by Crippen LogP contribution is -2.30. The summed E-state index contributed by atoms with van der Waals surface area (Å²) in [5.74, 6) is 0. The van der Waals surface area contributed by atoms with Crippen LogP contribution in [0.25, 0.3) is 0 Å². The highest BCUT2D eigenvalue weighted by Crippen LogP contribution is 2.18. The Kier molecular flexibility index (Phi) is 3.00. The van der Waals surface area contributed by atoms with Gasteiger partial charge in [-0.1, -0.05) is 23.8 Å². The van der Waals surface area contributed by atoms with Gasteiger partial charge in [-0.2, -0.15) is 0 Å². The molecule has 0 spiro atoms. The van der Waals surface area contributed by atoms with Crippen molar-refractivity contribution in [3.63, 3.8) is 0 Å². The lowest BCUT2D eigenvalue weighted by Gasteiger charge is -2.05. The summed E-state index contributed by atoms with van der Waals surface area (Å²) in [5.41, 5.74) is 0.485. The van der Waals surface area contributed by atoms with Gasteiger partial charge in [-0.15, -0.1) is 0 Å². The zero-order chi connectivity index (χ0) is 10.0. The first-order chi connectivity index (χ1) is 6.00. The first-order valence-electron chi connectivity index (χ1n) is 3.76. The molecule has 13 heavy (non-hydrogen) atoms. The van der Waals surface area contributed by atoms with E-state index in [1.54, 1.807) is 6.92 Å². The number of aryl methyl sites for hydroxylation is 1. The van der Waals surface area contributed by atoms with Crippen LogP contribution in [0.15, 0.2) is 18.2 Å². The number of alkyl halides is 2. The summed E-state index contributed by atoms with van der Waals surface area (Å²) in [6.07, 6.45) is -2.59. The lowest BCUT2D eigenvalue weighted by molar-refractivity contribution is 0.151. The van der Waals surface area contributed by atoms with Gasteiger partial charge in [0.25, 0.3) is 6.43 Å². The largest absolute Gasteiger partial charge is 0.488 e. The molecule has 5 heteroatoms. The van der Waals surface area contributed by atoms with Crippen LogP contribution in [-0.2, 0) is 0 Å². The Morgan fingerprint density at radius 1 is 1.23 bits per heavy atom. The molecule has 0 aliphatic heterocycles. The van der Waals surface area contributed by atoms with Crippen molar-refractivity contribution in [3.05, 3.63) is 29.3 Å². The van der Waals surface area contributed by atoms with Gasteiger partial charge in [-0.05, 0) is 12.4 Å². The molecule has 2 nitrogen and oxygen atoms in total. The van der Waals surface area contributed by atoms with Crippen LogP contribution in [0.4, 0.5) is 8.78 Å². The Bertz CT molecular complexity index is 276. The number of halogens is 2. The molecule has 1 aromatic carbocycles. The van der Waals surface area contributed by atoms with Gasteiger partial charge < -0.3 is 10.0 Å². The Balaban J connectivity index is 3.11. The molecule has 2 N–H and O–H groups in total. The lowest BCUT2D eigenvalue weighted by atomic mass is 9.79. The minimum absolute atomic E-state index is 0.0929. The highest BCUT2D eigenvalue weighted by molar-refractivity contribution is 6.58. The average Bonchev–Trinajstić information content (AvgIpc) is 2.03. The minimum Gasteiger partial charge on any atom is -0.423 e. The standard InChI is InChI=1S/C8H9BF2O2/c1-5-2-6(8(10)11)4-7(3-5)9(12)13/h2-4,8,12-13H,1H3. The van der Waals surface area contributed by atoms with Crippen LogP contribution < -0.4 is 5.46 Å². The van der Waals surface area contributed by atoms with E-state index in [1.807, 2.05) is 0 Å². The van der Waals surface area contributed by atoms with E-state index in [0.29, 0.717) is 5.56 Å². The highest BCUT2D eigenvalue weighted by Gasteiger charge is 2.15. The topological polar surface area (TPSA) is 40.5 Å². The summed E-state index contributed by atoms with van der Waals surface area (Å²) in [5, 5.41) is 17.5. The van der Waals surface area contributed by atoms with Crippen molar-refractivity contribution in [2.24, 2.45) is 0 Å². The fourth-order valence-electron chi connectivity index (χ4n) is 1.12. The van der Waals surface area contributed by atoms with E-state index in [9.17, 15) is 8.78 Å². The van der Waals surface area contributed by atoms with Crippen LogP contribution in [0.3, 0.4) is 0 Å². The maximum atomic E-state index is 12.2. The predicted molar refractivity (Wildman–Crippen MR) is 46.0 cm³/mol. The van der Waals surface area contributed by atoms with Crippen molar-refractivity contribution in [1.29, 1.82) is 0 Å². The molecule has 0 fully saturated rings. The van der Waals surface area contributed by atoms with Gasteiger partial charge in [0.15, 0.2) is 0 Å². The Hall–Kier alpha value is -0.935. The van der Waals surface area contributed by atoms with Crippen molar-refractivity contribution in [1.82, 2.24) is 0 Å². The Labute approximate surface area is 75.0 Å². The summed E-state index contributed by atoms with van der Waals surface area (Å²) in [7, 11) is -1.70. The Morgan fingerprint density at radius 2 is 1.85 bits per heavy atom. The summed E-state index contributed by atoms with van der Waals surface area (Å²) in [6.45, 7) is 1.62. The first kappa shape index (κ1) is 10.1. The third kappa shape index (κ3) is 2.50. The van der Waals surface area contributed by atoms with E-state index in [4.69, 9.17) is 10.0 Å². The molecule has 0 radical (unpaired) electrons. The van der Waals surface area contributed by atoms with E-state index in [2.05, 4.69) is 0 Å². The molecule has 0 aromatic heterocycles. The molecule has 0 bridgehead atoms. The maximum absolute atomic E-state index is 12.2. The van der Waals surface area contributed by atoms with E-state index < -0.39 is 13.5 Å². The van der Waals surface area contributed by atoms with E-state index in [1.165, 1.54) is 12.1 Å². The number of hydrogen-bond acceptors (Lipinski definition) is 2. The average molecular weight is 186 g/mol. The molecule has 0 aliphatic carbocycles. The van der Waals surface area contributed by atoms with Crippen molar-refractivity contribution < 1.29 is 18.8 Å². The zero-order valence-electron chi connectivity index (χ0n) is 7.04. The number of rotatable bonds is 2. The fraction of sp³-hybridized carbons (Fsp3) is 0.250. The number of hydrogen-bond donors (Lipinski definition) is 2. The smallest absolute Gasteiger partial charge is 0.423 e. The Morgan fingerprint density at radius 3 is 2.31 bits per heavy atom. The molecule has 70 valence electrons. The van der Waals surface area contributed by atoms with Crippen LogP contribution in [-0.4, -0.2) is 17.2 Å². The van der Waals surface area contributed by atoms with Crippen LogP contribution in [0, 0.1) is 6.92 Å². The zero-order valence-corrected chi connectivity index (χ0v) is 7.04. The molecule has 0 unspecified atom stereocenters. The summed E-state index contributed by atoms with van der Waals surface area (Å²) in [4.78, 5) is 0. The second kappa shape index (κ2) is 3.85. The van der Waals surface area contributed by atoms with Gasteiger partial charge in [-0.3, -0.25) is 0 Å². The molecule has 0 aliphatic rings. The quantitative estimate of drug-likeness (QED) is 0.664. The van der Waals surface area contributed by atoms with E-state index >= 15 is 0 Å². The van der Waals surface area contributed by atoms with E-state index in [-0.39, 0.29) is 11.0 Å². The molecular formula is C8H9BF2O2. The molecule has 0 saturated heterocycles. The van der Waals surface area contributed by atoms with Crippen molar-refractivity contribution in [2.45, 2.75) is 13.3 Å². The fourth-order valence-corrected chi connectivity index (χ4v) is 1.12. The molecule has 0 heterocycles. The third-order valence-corrected chi connectivity index (χ3v) is 1.67. The van der Waals surface area contributed by atoms with Crippen LogP contribution in [0.1, 0.15) is 17.6 Å². The SMILES string of the molecule is Cc1cc(B(O)O)cc(C(F)F)c1. The van der Waals surface area contributed by atoms with Crippen molar-refractivity contribution in [3.8, 4) is 0 Å². The highest BCUT2D eigenvalue weighted by atomic mass is 19.3. The maximum Gasteiger partial charge on any atom is 0.488 e. The molecule has 1 aromatic rings. The molecule has 0 saturated carbocycles. The minimum atomic E-state index is -2.59. The van der Waals surface area contributed by atoms with Crippen LogP contribution in [0.5, 0.6) is 0 Å². The summed E-state index contributed by atoms with van der Waals surface area (Å²) >= 11 is 0. The van der Waals surface area contributed by atoms with Gasteiger partial charge in [0.1, 0.15) is 0 Å². The molecular weight excluding hydrogens is 177 g/mol. The summed E-state index contributed by atoms with van der Waals surface area (Å²) < 4.78 is 24.5. The van der Waals surface area contributed by atoms with Crippen LogP contribution in [0.2, 0.25) is 0 Å². The van der Waals surface area contributed by atoms with Gasteiger partial charge in [-0.25, -0.2) is 8.78 Å². The van der Waals surface area contributed by atoms with Crippen molar-refractivity contribution >= 4 is 12.6 Å². The number of benzene rings is 1.